The molecule has 3 atom stereocenters. The summed E-state index contributed by atoms with van der Waals surface area (Å²) in [5.41, 5.74) is -2.04. The fourth-order valence-corrected chi connectivity index (χ4v) is 5.20. The van der Waals surface area contributed by atoms with Crippen LogP contribution in [-0.4, -0.2) is 38.2 Å². The van der Waals surface area contributed by atoms with Crippen LogP contribution in [0, 0.1) is 11.7 Å². The van der Waals surface area contributed by atoms with Crippen molar-refractivity contribution in [1.29, 1.82) is 0 Å². The summed E-state index contributed by atoms with van der Waals surface area (Å²) >= 11 is 0. The molecule has 2 aromatic heterocycles. The first-order valence-electron chi connectivity index (χ1n) is 11.3. The molecule has 3 heterocycles. The minimum absolute atomic E-state index is 0.0219. The van der Waals surface area contributed by atoms with Crippen molar-refractivity contribution in [2.45, 2.75) is 38.3 Å². The van der Waals surface area contributed by atoms with Crippen LogP contribution in [0.2, 0.25) is 0 Å². The van der Waals surface area contributed by atoms with Crippen molar-refractivity contribution in [2.24, 2.45) is 13.0 Å². The van der Waals surface area contributed by atoms with E-state index in [4.69, 9.17) is 0 Å². The molecule has 5 rings (SSSR count). The molecule has 1 N–H and O–H groups in total. The largest absolute Gasteiger partial charge is 0.361 e. The number of anilines is 1. The molecule has 0 radical (unpaired) electrons. The van der Waals surface area contributed by atoms with Gasteiger partial charge in [0.1, 0.15) is 5.82 Å². The Bertz CT molecular complexity index is 1480. The van der Waals surface area contributed by atoms with Gasteiger partial charge >= 0.3 is 0 Å². The van der Waals surface area contributed by atoms with Gasteiger partial charge in [-0.05, 0) is 13.3 Å². The summed E-state index contributed by atoms with van der Waals surface area (Å²) in [5.74, 6) is -0.725. The quantitative estimate of drug-likeness (QED) is 0.598. The van der Waals surface area contributed by atoms with Gasteiger partial charge in [0.25, 0.3) is 17.5 Å². The van der Waals surface area contributed by atoms with Gasteiger partial charge in [-0.15, -0.1) is 0 Å². The highest BCUT2D eigenvalue weighted by Gasteiger charge is 2.62. The Balaban J connectivity index is 1.59. The van der Waals surface area contributed by atoms with Crippen molar-refractivity contribution in [1.82, 2.24) is 19.2 Å². The minimum Gasteiger partial charge on any atom is -0.361 e. The first kappa shape index (κ1) is 23.1. The monoisotopic (exact) mass is 487 g/mol. The number of aryl methyl sites for hydroxylation is 1. The van der Waals surface area contributed by atoms with Crippen molar-refractivity contribution < 1.29 is 18.0 Å². The van der Waals surface area contributed by atoms with Gasteiger partial charge in [-0.25, -0.2) is 17.9 Å². The number of carbonyl (C=O) groups excluding carboxylic acids is 1. The van der Waals surface area contributed by atoms with E-state index in [1.807, 2.05) is 0 Å². The van der Waals surface area contributed by atoms with Gasteiger partial charge in [0.2, 0.25) is 5.91 Å². The van der Waals surface area contributed by atoms with Crippen LogP contribution < -0.4 is 16.4 Å². The Hall–Kier alpha value is -3.63. The summed E-state index contributed by atoms with van der Waals surface area (Å²) in [6.07, 6.45) is -0.651. The Morgan fingerprint density at radius 1 is 1.23 bits per heavy atom. The van der Waals surface area contributed by atoms with E-state index in [0.717, 1.165) is 17.2 Å². The molecule has 1 aliphatic heterocycles. The third-order valence-corrected chi connectivity index (χ3v) is 7.23. The van der Waals surface area contributed by atoms with E-state index < -0.39 is 34.9 Å². The van der Waals surface area contributed by atoms with Gasteiger partial charge in [0.05, 0.1) is 22.5 Å². The number of hydrogen-bond acceptors (Lipinski definition) is 5. The lowest BCUT2D eigenvalue weighted by molar-refractivity contribution is -0.128. The summed E-state index contributed by atoms with van der Waals surface area (Å²) in [5, 5.41) is 7.79. The standard InChI is InChI=1S/C24H24F3N5O3/c1-12(15-5-4-6-16(20(15)25)21(26)27)28-22-18-10-32(19(34)7-17(18)23(35)30(3)29-22)24-8-14(24)9-31(11-24)13(2)33/h4-7,10,12,14,21H,8-9,11H2,1-3H3,(H,28,29)/t12?,14-,24-/m1/s1. The predicted octanol–water partition coefficient (Wildman–Crippen LogP) is 2.92. The fraction of sp³-hybridized carbons (Fsp3) is 0.417. The first-order chi connectivity index (χ1) is 16.5. The number of likely N-dealkylation sites (tertiary alicyclic amines) is 1. The van der Waals surface area contributed by atoms with Crippen LogP contribution in [0.15, 0.2) is 40.1 Å². The molecular formula is C24H24F3N5O3. The second-order valence-corrected chi connectivity index (χ2v) is 9.41. The molecule has 35 heavy (non-hydrogen) atoms. The highest BCUT2D eigenvalue weighted by Crippen LogP contribution is 2.55. The third-order valence-electron chi connectivity index (χ3n) is 7.23. The zero-order chi connectivity index (χ0) is 25.2. The van der Waals surface area contributed by atoms with E-state index in [1.54, 1.807) is 22.6 Å². The zero-order valence-electron chi connectivity index (χ0n) is 19.4. The Labute approximate surface area is 198 Å². The summed E-state index contributed by atoms with van der Waals surface area (Å²) in [7, 11) is 1.43. The SMILES string of the molecule is CC(=O)N1C[C@H]2C[C@@]2(n2cc3c(NC(C)c4cccc(C(F)F)c4F)nn(C)c(=O)c3cc2=O)C1. The predicted molar refractivity (Wildman–Crippen MR) is 123 cm³/mol. The van der Waals surface area contributed by atoms with E-state index in [0.29, 0.717) is 18.5 Å². The number of carbonyl (C=O) groups is 1. The number of rotatable bonds is 5. The van der Waals surface area contributed by atoms with E-state index >= 15 is 0 Å². The van der Waals surface area contributed by atoms with Crippen LogP contribution in [0.4, 0.5) is 19.0 Å². The van der Waals surface area contributed by atoms with Gasteiger partial charge in [-0.2, -0.15) is 5.10 Å². The smallest absolute Gasteiger partial charge is 0.274 e. The Morgan fingerprint density at radius 2 is 1.94 bits per heavy atom. The molecule has 1 aliphatic carbocycles. The van der Waals surface area contributed by atoms with Gasteiger partial charge < -0.3 is 14.8 Å². The molecule has 0 bridgehead atoms. The average Bonchev–Trinajstić information content (AvgIpc) is 3.36. The summed E-state index contributed by atoms with van der Waals surface area (Å²) < 4.78 is 43.7. The molecule has 184 valence electrons. The maximum atomic E-state index is 14.7. The number of benzene rings is 1. The molecule has 1 amide bonds. The number of aromatic nitrogens is 3. The van der Waals surface area contributed by atoms with Gasteiger partial charge in [0, 0.05) is 56.2 Å². The number of halogens is 3. The normalized spacial score (nSPS) is 21.9. The highest BCUT2D eigenvalue weighted by atomic mass is 19.3. The Morgan fingerprint density at radius 3 is 2.60 bits per heavy atom. The lowest BCUT2D eigenvalue weighted by Crippen LogP contribution is -2.38. The maximum Gasteiger partial charge on any atom is 0.274 e. The molecule has 8 nitrogen and oxygen atoms in total. The van der Waals surface area contributed by atoms with Crippen LogP contribution in [0.5, 0.6) is 0 Å². The van der Waals surface area contributed by atoms with Crippen LogP contribution in [-0.2, 0) is 17.4 Å². The summed E-state index contributed by atoms with van der Waals surface area (Å²) in [6, 6.07) is 4.28. The minimum atomic E-state index is -2.96. The number of fused-ring (bicyclic) bond motifs is 2. The number of alkyl halides is 2. The number of amides is 1. The third kappa shape index (κ3) is 3.60. The van der Waals surface area contributed by atoms with Crippen molar-refractivity contribution in [3.8, 4) is 0 Å². The molecule has 1 saturated carbocycles. The van der Waals surface area contributed by atoms with E-state index in [2.05, 4.69) is 10.4 Å². The second-order valence-electron chi connectivity index (χ2n) is 9.41. The van der Waals surface area contributed by atoms with Crippen molar-refractivity contribution in [3.63, 3.8) is 0 Å². The van der Waals surface area contributed by atoms with Crippen molar-refractivity contribution in [3.05, 3.63) is 68.1 Å². The molecule has 1 unspecified atom stereocenters. The van der Waals surface area contributed by atoms with Crippen LogP contribution in [0.25, 0.3) is 10.8 Å². The molecule has 1 saturated heterocycles. The number of pyridine rings is 1. The molecule has 3 aromatic rings. The second kappa shape index (κ2) is 7.96. The highest BCUT2D eigenvalue weighted by molar-refractivity contribution is 5.90. The van der Waals surface area contributed by atoms with Crippen molar-refractivity contribution in [2.75, 3.05) is 18.4 Å². The van der Waals surface area contributed by atoms with E-state index in [-0.39, 0.29) is 34.2 Å². The van der Waals surface area contributed by atoms with Crippen LogP contribution >= 0.6 is 0 Å². The first-order valence-corrected chi connectivity index (χ1v) is 11.3. The zero-order valence-corrected chi connectivity index (χ0v) is 19.4. The van der Waals surface area contributed by atoms with Gasteiger partial charge in [-0.1, -0.05) is 18.2 Å². The van der Waals surface area contributed by atoms with E-state index in [1.165, 1.54) is 32.2 Å². The van der Waals surface area contributed by atoms with Gasteiger partial charge in [-0.3, -0.25) is 14.4 Å². The molecule has 2 aliphatic rings. The molecule has 1 aromatic carbocycles. The van der Waals surface area contributed by atoms with Crippen LogP contribution in [0.3, 0.4) is 0 Å². The Kier molecular flexibility index (Phi) is 5.26. The lowest BCUT2D eigenvalue weighted by Gasteiger charge is -2.23. The summed E-state index contributed by atoms with van der Waals surface area (Å²) in [6.45, 7) is 4.05. The molecular weight excluding hydrogens is 463 g/mol. The van der Waals surface area contributed by atoms with E-state index in [9.17, 15) is 27.6 Å². The number of nitrogens with one attached hydrogen (secondary N) is 1. The van der Waals surface area contributed by atoms with Gasteiger partial charge in [0.15, 0.2) is 5.82 Å². The van der Waals surface area contributed by atoms with Crippen LogP contribution in [0.1, 0.15) is 43.9 Å². The average molecular weight is 487 g/mol. The number of nitrogens with zero attached hydrogens (tertiary/aromatic N) is 4. The molecule has 11 heteroatoms. The fourth-order valence-electron chi connectivity index (χ4n) is 5.20. The lowest BCUT2D eigenvalue weighted by atomic mass is 10.0. The van der Waals surface area contributed by atoms with Crippen molar-refractivity contribution >= 4 is 22.5 Å². The number of piperidine rings is 1. The summed E-state index contributed by atoms with van der Waals surface area (Å²) in [4.78, 5) is 39.4. The topological polar surface area (TPSA) is 89.2 Å². The maximum absolute atomic E-state index is 14.7. The number of hydrogen-bond donors (Lipinski definition) is 1. The molecule has 0 spiro atoms. The molecule has 2 fully saturated rings.